The molecule has 6 heteroatoms. The first-order valence-corrected chi connectivity index (χ1v) is 11.9. The van der Waals surface area contributed by atoms with E-state index in [2.05, 4.69) is 0 Å². The Morgan fingerprint density at radius 1 is 0.970 bits per heavy atom. The van der Waals surface area contributed by atoms with Crippen LogP contribution in [0.15, 0.2) is 54.6 Å². The molecular formula is C27H32N2O4. The van der Waals surface area contributed by atoms with Gasteiger partial charge in [0.1, 0.15) is 12.1 Å². The smallest absolute Gasteiger partial charge is 0.328 e. The molecule has 2 atom stereocenters. The first-order valence-electron chi connectivity index (χ1n) is 11.9. The monoisotopic (exact) mass is 448 g/mol. The average Bonchev–Trinajstić information content (AvgIpc) is 3.04. The van der Waals surface area contributed by atoms with Crippen LogP contribution in [-0.2, 0) is 22.6 Å². The number of carboxylic acid groups (broad SMARTS) is 1. The van der Waals surface area contributed by atoms with E-state index in [4.69, 9.17) is 0 Å². The quantitative estimate of drug-likeness (QED) is 0.589. The van der Waals surface area contributed by atoms with Gasteiger partial charge >= 0.3 is 12.0 Å². The Labute approximate surface area is 195 Å². The van der Waals surface area contributed by atoms with Gasteiger partial charge in [-0.2, -0.15) is 0 Å². The van der Waals surface area contributed by atoms with Crippen LogP contribution < -0.4 is 0 Å². The van der Waals surface area contributed by atoms with Crippen LogP contribution in [0.5, 0.6) is 0 Å². The molecule has 2 aliphatic rings. The van der Waals surface area contributed by atoms with Crippen molar-refractivity contribution in [2.75, 3.05) is 0 Å². The zero-order valence-electron chi connectivity index (χ0n) is 19.2. The summed E-state index contributed by atoms with van der Waals surface area (Å²) in [4.78, 5) is 42.0. The lowest BCUT2D eigenvalue weighted by atomic mass is 9.84. The lowest BCUT2D eigenvalue weighted by molar-refractivity contribution is -0.147. The number of urea groups is 1. The topological polar surface area (TPSA) is 77.9 Å². The molecule has 2 aromatic rings. The molecule has 1 aliphatic heterocycles. The number of amides is 3. The number of carboxylic acids is 1. The molecule has 174 valence electrons. The molecule has 3 amide bonds. The largest absolute Gasteiger partial charge is 0.480 e. The molecule has 1 N–H and O–H groups in total. The molecule has 1 aliphatic carbocycles. The molecule has 33 heavy (non-hydrogen) atoms. The van der Waals surface area contributed by atoms with Crippen LogP contribution >= 0.6 is 0 Å². The highest BCUT2D eigenvalue weighted by atomic mass is 16.4. The second kappa shape index (κ2) is 10.2. The van der Waals surface area contributed by atoms with Gasteiger partial charge in [0, 0.05) is 13.0 Å². The van der Waals surface area contributed by atoms with E-state index in [0.29, 0.717) is 12.8 Å². The second-order valence-corrected chi connectivity index (χ2v) is 9.40. The molecular weight excluding hydrogens is 416 g/mol. The summed E-state index contributed by atoms with van der Waals surface area (Å²) in [6.07, 6.45) is 5.94. The fraction of sp³-hybridized carbons (Fsp3) is 0.444. The zero-order valence-corrected chi connectivity index (χ0v) is 19.2. The minimum atomic E-state index is -1.12. The summed E-state index contributed by atoms with van der Waals surface area (Å²) in [5.74, 6) is -1.27. The fourth-order valence-corrected chi connectivity index (χ4v) is 5.10. The van der Waals surface area contributed by atoms with Gasteiger partial charge < -0.3 is 10.0 Å². The second-order valence-electron chi connectivity index (χ2n) is 9.40. The third kappa shape index (κ3) is 5.27. The maximum absolute atomic E-state index is 13.6. The Balaban J connectivity index is 1.62. The Hall–Kier alpha value is -3.15. The highest BCUT2D eigenvalue weighted by Gasteiger charge is 2.50. The van der Waals surface area contributed by atoms with E-state index in [0.717, 1.165) is 47.3 Å². The number of benzene rings is 2. The van der Waals surface area contributed by atoms with Crippen LogP contribution in [0.1, 0.15) is 55.2 Å². The van der Waals surface area contributed by atoms with Crippen LogP contribution in [0.4, 0.5) is 4.79 Å². The van der Waals surface area contributed by atoms with Gasteiger partial charge in [-0.05, 0) is 30.4 Å². The Morgan fingerprint density at radius 3 is 2.27 bits per heavy atom. The SMILES string of the molecule is Cc1ccc(CN2C(=O)N(C(CC3CCCCC3)C(=O)O)C(=O)C2Cc2ccccc2)cc1. The summed E-state index contributed by atoms with van der Waals surface area (Å²) in [6, 6.07) is 15.1. The van der Waals surface area contributed by atoms with E-state index in [-0.39, 0.29) is 12.5 Å². The van der Waals surface area contributed by atoms with Crippen LogP contribution in [0, 0.1) is 12.8 Å². The minimum Gasteiger partial charge on any atom is -0.480 e. The molecule has 4 rings (SSSR count). The summed E-state index contributed by atoms with van der Waals surface area (Å²) in [5, 5.41) is 10.0. The van der Waals surface area contributed by atoms with Crippen molar-refractivity contribution in [1.29, 1.82) is 0 Å². The molecule has 6 nitrogen and oxygen atoms in total. The number of carbonyl (C=O) groups excluding carboxylic acids is 2. The fourth-order valence-electron chi connectivity index (χ4n) is 5.10. The lowest BCUT2D eigenvalue weighted by Gasteiger charge is -2.28. The van der Waals surface area contributed by atoms with Crippen molar-refractivity contribution >= 4 is 17.9 Å². The number of hydrogen-bond donors (Lipinski definition) is 1. The number of carbonyl (C=O) groups is 3. The van der Waals surface area contributed by atoms with Crippen LogP contribution in [-0.4, -0.2) is 44.9 Å². The van der Waals surface area contributed by atoms with Crippen LogP contribution in [0.3, 0.4) is 0 Å². The van der Waals surface area contributed by atoms with Crippen LogP contribution in [0.2, 0.25) is 0 Å². The molecule has 2 aromatic carbocycles. The number of hydrogen-bond acceptors (Lipinski definition) is 3. The van der Waals surface area contributed by atoms with Crippen molar-refractivity contribution in [3.63, 3.8) is 0 Å². The summed E-state index contributed by atoms with van der Waals surface area (Å²) in [6.45, 7) is 2.27. The molecule has 0 spiro atoms. The number of rotatable bonds is 8. The van der Waals surface area contributed by atoms with Crippen LogP contribution in [0.25, 0.3) is 0 Å². The van der Waals surface area contributed by atoms with E-state index in [1.54, 1.807) is 4.90 Å². The Kier molecular flexibility index (Phi) is 7.11. The summed E-state index contributed by atoms with van der Waals surface area (Å²) in [7, 11) is 0. The summed E-state index contributed by atoms with van der Waals surface area (Å²) >= 11 is 0. The van der Waals surface area contributed by atoms with Gasteiger partial charge in [0.25, 0.3) is 5.91 Å². The highest BCUT2D eigenvalue weighted by Crippen LogP contribution is 2.32. The molecule has 2 unspecified atom stereocenters. The van der Waals surface area contributed by atoms with E-state index in [1.165, 1.54) is 6.42 Å². The van der Waals surface area contributed by atoms with Crippen molar-refractivity contribution in [3.8, 4) is 0 Å². The predicted molar refractivity (Wildman–Crippen MR) is 126 cm³/mol. The summed E-state index contributed by atoms with van der Waals surface area (Å²) < 4.78 is 0. The predicted octanol–water partition coefficient (Wildman–Crippen LogP) is 4.79. The number of aliphatic carboxylic acids is 1. The van der Waals surface area contributed by atoms with Gasteiger partial charge in [0.2, 0.25) is 0 Å². The Morgan fingerprint density at radius 2 is 1.64 bits per heavy atom. The maximum Gasteiger partial charge on any atom is 0.328 e. The first-order chi connectivity index (χ1) is 15.9. The van der Waals surface area contributed by atoms with Gasteiger partial charge in [0.15, 0.2) is 0 Å². The molecule has 1 saturated carbocycles. The van der Waals surface area contributed by atoms with E-state index < -0.39 is 30.0 Å². The maximum atomic E-state index is 13.6. The van der Waals surface area contributed by atoms with Gasteiger partial charge in [-0.15, -0.1) is 0 Å². The van der Waals surface area contributed by atoms with Crippen molar-refractivity contribution in [2.45, 2.75) is 70.5 Å². The van der Waals surface area contributed by atoms with Gasteiger partial charge in [0.05, 0.1) is 0 Å². The summed E-state index contributed by atoms with van der Waals surface area (Å²) in [5.41, 5.74) is 2.97. The molecule has 1 heterocycles. The first kappa shape index (κ1) is 23.0. The lowest BCUT2D eigenvalue weighted by Crippen LogP contribution is -2.47. The van der Waals surface area contributed by atoms with Crippen molar-refractivity contribution in [1.82, 2.24) is 9.80 Å². The zero-order chi connectivity index (χ0) is 23.4. The average molecular weight is 449 g/mol. The standard InChI is InChI=1S/C27H32N2O4/c1-19-12-14-22(15-13-19)18-28-23(16-20-8-4-2-5-9-20)25(30)29(27(28)33)24(26(31)32)17-21-10-6-3-7-11-21/h2,4-5,8-9,12-15,21,23-24H,3,6-7,10-11,16-18H2,1H3,(H,31,32). The van der Waals surface area contributed by atoms with E-state index >= 15 is 0 Å². The van der Waals surface area contributed by atoms with Crippen molar-refractivity contribution < 1.29 is 19.5 Å². The third-order valence-corrected chi connectivity index (χ3v) is 6.97. The van der Waals surface area contributed by atoms with Gasteiger partial charge in [-0.3, -0.25) is 4.79 Å². The van der Waals surface area contributed by atoms with E-state index in [9.17, 15) is 19.5 Å². The molecule has 1 saturated heterocycles. The third-order valence-electron chi connectivity index (χ3n) is 6.97. The Bertz CT molecular complexity index is 983. The highest BCUT2D eigenvalue weighted by molar-refractivity contribution is 6.07. The number of nitrogens with zero attached hydrogens (tertiary/aromatic N) is 2. The van der Waals surface area contributed by atoms with Gasteiger partial charge in [-0.25, -0.2) is 14.5 Å². The molecule has 0 aromatic heterocycles. The van der Waals surface area contributed by atoms with Crippen molar-refractivity contribution in [3.05, 3.63) is 71.3 Å². The molecule has 0 bridgehead atoms. The molecule has 0 radical (unpaired) electrons. The van der Waals surface area contributed by atoms with Crippen molar-refractivity contribution in [2.24, 2.45) is 5.92 Å². The minimum absolute atomic E-state index is 0.235. The van der Waals surface area contributed by atoms with Gasteiger partial charge in [-0.1, -0.05) is 92.3 Å². The molecule has 2 fully saturated rings. The normalized spacial score (nSPS) is 20.3. The van der Waals surface area contributed by atoms with E-state index in [1.807, 2.05) is 61.5 Å². The number of imide groups is 1. The number of aryl methyl sites for hydroxylation is 1.